The lowest BCUT2D eigenvalue weighted by Crippen LogP contribution is -2.47. The van der Waals surface area contributed by atoms with Gasteiger partial charge in [-0.05, 0) is 12.5 Å². The van der Waals surface area contributed by atoms with Crippen molar-refractivity contribution in [2.45, 2.75) is 36.8 Å². The van der Waals surface area contributed by atoms with Crippen LogP contribution < -0.4 is 0 Å². The fourth-order valence-electron chi connectivity index (χ4n) is 2.18. The van der Waals surface area contributed by atoms with Crippen molar-refractivity contribution < 1.29 is 9.59 Å². The van der Waals surface area contributed by atoms with E-state index in [1.54, 1.807) is 0 Å². The monoisotopic (exact) mass is 295 g/mol. The molecule has 0 bridgehead atoms. The second-order valence-electron chi connectivity index (χ2n) is 4.76. The molecule has 1 fully saturated rings. The van der Waals surface area contributed by atoms with E-state index in [4.69, 9.17) is 0 Å². The minimum Gasteiger partial charge on any atom is -0.274 e. The van der Waals surface area contributed by atoms with Crippen molar-refractivity contribution in [3.63, 3.8) is 0 Å². The molecule has 1 saturated heterocycles. The number of imide groups is 1. The second-order valence-corrected chi connectivity index (χ2v) is 6.70. The first-order valence-corrected chi connectivity index (χ1v) is 7.66. The van der Waals surface area contributed by atoms with E-state index in [1.807, 2.05) is 44.2 Å². The van der Waals surface area contributed by atoms with Crippen molar-refractivity contribution in [2.24, 2.45) is 0 Å². The van der Waals surface area contributed by atoms with Crippen molar-refractivity contribution in [3.8, 4) is 0 Å². The Morgan fingerprint density at radius 1 is 1.32 bits per heavy atom. The Balaban J connectivity index is 2.17. The minimum atomic E-state index is -0.245. The molecule has 2 amide bonds. The van der Waals surface area contributed by atoms with Gasteiger partial charge in [-0.15, -0.1) is 0 Å². The first-order chi connectivity index (χ1) is 9.00. The van der Waals surface area contributed by atoms with E-state index in [0.717, 1.165) is 5.56 Å². The molecule has 1 aromatic carbocycles. The maximum absolute atomic E-state index is 12.1. The normalized spacial score (nSPS) is 23.3. The van der Waals surface area contributed by atoms with Gasteiger partial charge in [-0.3, -0.25) is 14.5 Å². The molecular weight excluding hydrogens is 278 g/mol. The van der Waals surface area contributed by atoms with Crippen molar-refractivity contribution in [1.82, 2.24) is 4.90 Å². The van der Waals surface area contributed by atoms with E-state index in [2.05, 4.69) is 12.6 Å². The number of hydrogen-bond acceptors (Lipinski definition) is 4. The van der Waals surface area contributed by atoms with Crippen LogP contribution in [-0.2, 0) is 4.79 Å². The van der Waals surface area contributed by atoms with E-state index in [-0.39, 0.29) is 27.7 Å². The summed E-state index contributed by atoms with van der Waals surface area (Å²) in [5, 5.41) is -0.257. The number of benzene rings is 1. The zero-order valence-electron chi connectivity index (χ0n) is 10.9. The molecule has 1 aliphatic heterocycles. The van der Waals surface area contributed by atoms with Crippen LogP contribution in [0.2, 0.25) is 0 Å². The number of carbonyl (C=O) groups is 2. The van der Waals surface area contributed by atoms with Crippen LogP contribution in [0, 0.1) is 0 Å². The lowest BCUT2D eigenvalue weighted by molar-refractivity contribution is -0.129. The van der Waals surface area contributed by atoms with Gasteiger partial charge in [0.1, 0.15) is 0 Å². The highest BCUT2D eigenvalue weighted by Gasteiger charge is 2.36. The molecular formula is C14H17NO2S2. The summed E-state index contributed by atoms with van der Waals surface area (Å²) in [6, 6.07) is 9.48. The van der Waals surface area contributed by atoms with Gasteiger partial charge in [0.2, 0.25) is 5.91 Å². The summed E-state index contributed by atoms with van der Waals surface area (Å²) < 4.78 is 0. The van der Waals surface area contributed by atoms with Gasteiger partial charge in [0.15, 0.2) is 0 Å². The molecule has 0 unspecified atom stereocenters. The van der Waals surface area contributed by atoms with Gasteiger partial charge in [-0.2, -0.15) is 12.6 Å². The van der Waals surface area contributed by atoms with Gasteiger partial charge in [-0.25, -0.2) is 0 Å². The van der Waals surface area contributed by atoms with E-state index in [0.29, 0.717) is 6.42 Å². The highest BCUT2D eigenvalue weighted by atomic mass is 32.2. The Bertz CT molecular complexity index is 460. The van der Waals surface area contributed by atoms with Gasteiger partial charge in [-0.1, -0.05) is 49.0 Å². The number of amides is 2. The van der Waals surface area contributed by atoms with Crippen molar-refractivity contribution in [3.05, 3.63) is 35.9 Å². The molecule has 102 valence electrons. The molecule has 2 rings (SSSR count). The average Bonchev–Trinajstić information content (AvgIpc) is 2.37. The fourth-order valence-corrected chi connectivity index (χ4v) is 3.44. The Morgan fingerprint density at radius 3 is 2.53 bits per heavy atom. The lowest BCUT2D eigenvalue weighted by atomic mass is 10.0. The molecule has 0 aromatic heterocycles. The number of thioether (sulfide) groups is 1. The van der Waals surface area contributed by atoms with Gasteiger partial charge < -0.3 is 0 Å². The Labute approximate surface area is 123 Å². The van der Waals surface area contributed by atoms with Crippen LogP contribution in [0.1, 0.15) is 31.1 Å². The fraction of sp³-hybridized carbons (Fsp3) is 0.429. The van der Waals surface area contributed by atoms with Crippen LogP contribution in [0.3, 0.4) is 0 Å². The maximum Gasteiger partial charge on any atom is 0.288 e. The number of hydrogen-bond donors (Lipinski definition) is 1. The van der Waals surface area contributed by atoms with Crippen molar-refractivity contribution in [1.29, 1.82) is 0 Å². The zero-order valence-corrected chi connectivity index (χ0v) is 12.7. The van der Waals surface area contributed by atoms with Crippen LogP contribution in [-0.4, -0.2) is 27.3 Å². The maximum atomic E-state index is 12.1. The molecule has 0 N–H and O–H groups in total. The number of thiol groups is 1. The van der Waals surface area contributed by atoms with E-state index in [1.165, 1.54) is 16.7 Å². The summed E-state index contributed by atoms with van der Waals surface area (Å²) in [6.07, 6.45) is 0.413. The zero-order chi connectivity index (χ0) is 14.0. The summed E-state index contributed by atoms with van der Waals surface area (Å²) in [7, 11) is 0. The van der Waals surface area contributed by atoms with E-state index in [9.17, 15) is 9.59 Å². The molecule has 1 aromatic rings. The number of rotatable bonds is 3. The highest BCUT2D eigenvalue weighted by molar-refractivity contribution is 8.14. The third-order valence-corrected chi connectivity index (χ3v) is 4.93. The van der Waals surface area contributed by atoms with Crippen LogP contribution in [0.25, 0.3) is 0 Å². The molecule has 0 saturated carbocycles. The quantitative estimate of drug-likeness (QED) is 0.867. The predicted octanol–water partition coefficient (Wildman–Crippen LogP) is 3.52. The molecule has 1 heterocycles. The van der Waals surface area contributed by atoms with Gasteiger partial charge >= 0.3 is 0 Å². The van der Waals surface area contributed by atoms with Crippen molar-refractivity contribution in [2.75, 3.05) is 0 Å². The Hall–Kier alpha value is -0.940. The number of carbonyl (C=O) groups excluding carboxylic acids is 2. The molecule has 19 heavy (non-hydrogen) atoms. The first kappa shape index (κ1) is 14.5. The largest absolute Gasteiger partial charge is 0.288 e. The molecule has 0 radical (unpaired) electrons. The predicted molar refractivity (Wildman–Crippen MR) is 81.5 cm³/mol. The standard InChI is InChI=1S/C14H17NO2S2/c1-9-8-12(16)15(14(17)19-9)10(2)13(18)11-6-4-3-5-7-11/h3-7,9-10,13,18H,8H2,1-2H3/t9-,10+,13-/m1/s1. The second kappa shape index (κ2) is 6.01. The van der Waals surface area contributed by atoms with Crippen LogP contribution >= 0.6 is 24.4 Å². The van der Waals surface area contributed by atoms with E-state index >= 15 is 0 Å². The van der Waals surface area contributed by atoms with Gasteiger partial charge in [0.25, 0.3) is 5.24 Å². The SMILES string of the molecule is C[C@@H]1CC(=O)N([C@@H](C)[C@@H](S)c2ccccc2)C(=O)S1. The highest BCUT2D eigenvalue weighted by Crippen LogP contribution is 2.33. The molecule has 3 atom stereocenters. The third kappa shape index (κ3) is 3.15. The summed E-state index contributed by atoms with van der Waals surface area (Å²) in [5.74, 6) is -0.0984. The smallest absolute Gasteiger partial charge is 0.274 e. The van der Waals surface area contributed by atoms with Crippen molar-refractivity contribution >= 4 is 35.5 Å². The third-order valence-electron chi connectivity index (χ3n) is 3.23. The van der Waals surface area contributed by atoms with Gasteiger partial charge in [0.05, 0.1) is 6.04 Å². The molecule has 5 heteroatoms. The topological polar surface area (TPSA) is 37.4 Å². The number of nitrogens with zero attached hydrogens (tertiary/aromatic N) is 1. The van der Waals surface area contributed by atoms with E-state index < -0.39 is 0 Å². The average molecular weight is 295 g/mol. The van der Waals surface area contributed by atoms with Gasteiger partial charge in [0, 0.05) is 16.9 Å². The van der Waals surface area contributed by atoms with Crippen LogP contribution in [0.5, 0.6) is 0 Å². The summed E-state index contributed by atoms with van der Waals surface area (Å²) in [5.41, 5.74) is 1.02. The first-order valence-electron chi connectivity index (χ1n) is 6.26. The van der Waals surface area contributed by atoms with Crippen LogP contribution in [0.15, 0.2) is 30.3 Å². The Morgan fingerprint density at radius 2 is 1.95 bits per heavy atom. The molecule has 1 aliphatic rings. The molecule has 0 spiro atoms. The Kier molecular flexibility index (Phi) is 4.58. The molecule has 3 nitrogen and oxygen atoms in total. The lowest BCUT2D eigenvalue weighted by Gasteiger charge is -2.35. The summed E-state index contributed by atoms with van der Waals surface area (Å²) in [4.78, 5) is 25.4. The summed E-state index contributed by atoms with van der Waals surface area (Å²) in [6.45, 7) is 3.77. The summed E-state index contributed by atoms with van der Waals surface area (Å²) >= 11 is 5.80. The minimum absolute atomic E-state index is 0.0681. The van der Waals surface area contributed by atoms with Crippen LogP contribution in [0.4, 0.5) is 4.79 Å². The molecule has 0 aliphatic carbocycles.